The van der Waals surface area contributed by atoms with Gasteiger partial charge >= 0.3 is 0 Å². The third-order valence-electron chi connectivity index (χ3n) is 3.87. The fourth-order valence-corrected chi connectivity index (χ4v) is 4.41. The number of nitrogens with one attached hydrogen (secondary N) is 1. The summed E-state index contributed by atoms with van der Waals surface area (Å²) in [5.41, 5.74) is 2.02. The first kappa shape index (κ1) is 14.7. The molecule has 6 heteroatoms. The van der Waals surface area contributed by atoms with Crippen molar-refractivity contribution in [2.75, 3.05) is 5.32 Å². The van der Waals surface area contributed by atoms with Crippen molar-refractivity contribution in [2.45, 2.75) is 46.0 Å². The number of hydrogen-bond acceptors (Lipinski definition) is 5. The molecule has 112 valence electrons. The van der Waals surface area contributed by atoms with Crippen molar-refractivity contribution in [2.24, 2.45) is 5.92 Å². The topological polar surface area (TPSA) is 54.9 Å². The summed E-state index contributed by atoms with van der Waals surface area (Å²) < 4.78 is 0. The number of amides is 1. The molecule has 0 saturated carbocycles. The Labute approximate surface area is 132 Å². The quantitative estimate of drug-likeness (QED) is 0.936. The number of fused-ring (bicyclic) bond motifs is 1. The molecule has 0 aliphatic heterocycles. The molecular formula is C15H19N3OS2. The highest BCUT2D eigenvalue weighted by molar-refractivity contribution is 7.15. The second-order valence-electron chi connectivity index (χ2n) is 5.49. The van der Waals surface area contributed by atoms with E-state index in [4.69, 9.17) is 0 Å². The van der Waals surface area contributed by atoms with Crippen LogP contribution in [-0.2, 0) is 24.1 Å². The average Bonchev–Trinajstić information content (AvgIpc) is 3.03. The molecule has 1 aliphatic rings. The van der Waals surface area contributed by atoms with Crippen LogP contribution in [0.25, 0.3) is 0 Å². The summed E-state index contributed by atoms with van der Waals surface area (Å²) in [5, 5.41) is 6.60. The minimum Gasteiger partial charge on any atom is -0.302 e. The Kier molecular flexibility index (Phi) is 4.35. The van der Waals surface area contributed by atoms with E-state index in [9.17, 15) is 4.79 Å². The molecule has 0 saturated heterocycles. The number of aryl methyl sites for hydroxylation is 2. The van der Waals surface area contributed by atoms with Gasteiger partial charge in [-0.05, 0) is 32.1 Å². The van der Waals surface area contributed by atoms with Crippen molar-refractivity contribution >= 4 is 33.7 Å². The second-order valence-corrected chi connectivity index (χ2v) is 7.63. The lowest BCUT2D eigenvalue weighted by atomic mass is 9.89. The second kappa shape index (κ2) is 6.23. The summed E-state index contributed by atoms with van der Waals surface area (Å²) >= 11 is 3.21. The zero-order valence-electron chi connectivity index (χ0n) is 12.3. The van der Waals surface area contributed by atoms with E-state index in [0.717, 1.165) is 34.6 Å². The minimum atomic E-state index is -0.0292. The average molecular weight is 321 g/mol. The highest BCUT2D eigenvalue weighted by Crippen LogP contribution is 2.33. The maximum absolute atomic E-state index is 12.0. The number of rotatable bonds is 4. The molecule has 2 aromatic rings. The normalized spacial score (nSPS) is 17.5. The number of thiazole rings is 2. The van der Waals surface area contributed by atoms with E-state index in [0.29, 0.717) is 6.42 Å². The third kappa shape index (κ3) is 3.49. The number of carbonyl (C=O) groups is 1. The van der Waals surface area contributed by atoms with E-state index in [1.807, 2.05) is 12.3 Å². The van der Waals surface area contributed by atoms with Gasteiger partial charge in [-0.2, -0.15) is 0 Å². The van der Waals surface area contributed by atoms with E-state index in [1.54, 1.807) is 22.7 Å². The summed E-state index contributed by atoms with van der Waals surface area (Å²) in [7, 11) is 0. The number of carbonyl (C=O) groups excluding carboxylic acids is 1. The fraction of sp³-hybridized carbons (Fsp3) is 0.533. The highest BCUT2D eigenvalue weighted by Gasteiger charge is 2.22. The van der Waals surface area contributed by atoms with Crippen molar-refractivity contribution in [3.63, 3.8) is 0 Å². The summed E-state index contributed by atoms with van der Waals surface area (Å²) in [4.78, 5) is 22.3. The Bertz CT molecular complexity index is 647. The maximum atomic E-state index is 12.0. The Balaban J connectivity index is 1.63. The lowest BCUT2D eigenvalue weighted by Gasteiger charge is -2.18. The molecule has 1 unspecified atom stereocenters. The summed E-state index contributed by atoms with van der Waals surface area (Å²) in [6.07, 6.45) is 4.93. The highest BCUT2D eigenvalue weighted by atomic mass is 32.1. The lowest BCUT2D eigenvalue weighted by Crippen LogP contribution is -2.14. The van der Waals surface area contributed by atoms with Gasteiger partial charge in [-0.3, -0.25) is 4.79 Å². The standard InChI is InChI=1S/C15H19N3OS2/c1-3-10-4-5-12-13(6-10)21-15(17-12)18-14(19)7-11-8-20-9(2)16-11/h8,10H,3-7H2,1-2H3,(H,17,18,19). The zero-order chi connectivity index (χ0) is 14.8. The van der Waals surface area contributed by atoms with Gasteiger partial charge in [0.15, 0.2) is 5.13 Å². The predicted octanol–water partition coefficient (Wildman–Crippen LogP) is 3.60. The Morgan fingerprint density at radius 3 is 3.05 bits per heavy atom. The number of anilines is 1. The van der Waals surface area contributed by atoms with Gasteiger partial charge in [0.05, 0.1) is 22.8 Å². The van der Waals surface area contributed by atoms with Crippen molar-refractivity contribution in [3.05, 3.63) is 26.7 Å². The molecular weight excluding hydrogens is 302 g/mol. The van der Waals surface area contributed by atoms with Crippen molar-refractivity contribution in [3.8, 4) is 0 Å². The molecule has 1 amide bonds. The van der Waals surface area contributed by atoms with Gasteiger partial charge in [0.25, 0.3) is 0 Å². The van der Waals surface area contributed by atoms with Crippen molar-refractivity contribution in [1.82, 2.24) is 9.97 Å². The SMILES string of the molecule is CCC1CCc2nc(NC(=O)Cc3csc(C)n3)sc2C1. The minimum absolute atomic E-state index is 0.0292. The molecule has 3 rings (SSSR count). The molecule has 1 atom stereocenters. The van der Waals surface area contributed by atoms with Crippen LogP contribution in [-0.4, -0.2) is 15.9 Å². The molecule has 0 spiro atoms. The van der Waals surface area contributed by atoms with E-state index >= 15 is 0 Å². The number of hydrogen-bond donors (Lipinski definition) is 1. The Hall–Kier alpha value is -1.27. The molecule has 21 heavy (non-hydrogen) atoms. The Morgan fingerprint density at radius 1 is 1.48 bits per heavy atom. The van der Waals surface area contributed by atoms with Gasteiger partial charge in [0, 0.05) is 10.3 Å². The molecule has 1 aliphatic carbocycles. The summed E-state index contributed by atoms with van der Waals surface area (Å²) in [6.45, 7) is 4.19. The van der Waals surface area contributed by atoms with Crippen LogP contribution in [0.15, 0.2) is 5.38 Å². The van der Waals surface area contributed by atoms with Crippen LogP contribution in [0.1, 0.15) is 41.0 Å². The fourth-order valence-electron chi connectivity index (χ4n) is 2.66. The van der Waals surface area contributed by atoms with E-state index in [2.05, 4.69) is 22.2 Å². The number of nitrogens with zero attached hydrogens (tertiary/aromatic N) is 2. The smallest absolute Gasteiger partial charge is 0.232 e. The first-order chi connectivity index (χ1) is 10.1. The van der Waals surface area contributed by atoms with Gasteiger partial charge in [0.1, 0.15) is 0 Å². The first-order valence-corrected chi connectivity index (χ1v) is 9.03. The van der Waals surface area contributed by atoms with Crippen LogP contribution in [0.4, 0.5) is 5.13 Å². The zero-order valence-corrected chi connectivity index (χ0v) is 13.9. The van der Waals surface area contributed by atoms with Crippen LogP contribution >= 0.6 is 22.7 Å². The molecule has 4 nitrogen and oxygen atoms in total. The van der Waals surface area contributed by atoms with E-state index in [1.165, 1.54) is 23.4 Å². The Morgan fingerprint density at radius 2 is 2.33 bits per heavy atom. The number of aromatic nitrogens is 2. The van der Waals surface area contributed by atoms with Gasteiger partial charge in [-0.15, -0.1) is 22.7 Å². The summed E-state index contributed by atoms with van der Waals surface area (Å²) in [5.74, 6) is 0.748. The van der Waals surface area contributed by atoms with Crippen LogP contribution in [0.5, 0.6) is 0 Å². The molecule has 0 aromatic carbocycles. The van der Waals surface area contributed by atoms with Crippen LogP contribution in [0, 0.1) is 12.8 Å². The first-order valence-electron chi connectivity index (χ1n) is 7.33. The van der Waals surface area contributed by atoms with Gasteiger partial charge < -0.3 is 5.32 Å². The van der Waals surface area contributed by atoms with Crippen LogP contribution < -0.4 is 5.32 Å². The molecule has 2 aromatic heterocycles. The van der Waals surface area contributed by atoms with Gasteiger partial charge in [-0.25, -0.2) is 9.97 Å². The maximum Gasteiger partial charge on any atom is 0.232 e. The van der Waals surface area contributed by atoms with Gasteiger partial charge in [0.2, 0.25) is 5.91 Å². The van der Waals surface area contributed by atoms with Crippen LogP contribution in [0.3, 0.4) is 0 Å². The van der Waals surface area contributed by atoms with Crippen LogP contribution in [0.2, 0.25) is 0 Å². The lowest BCUT2D eigenvalue weighted by molar-refractivity contribution is -0.115. The van der Waals surface area contributed by atoms with E-state index in [-0.39, 0.29) is 5.91 Å². The van der Waals surface area contributed by atoms with E-state index < -0.39 is 0 Å². The molecule has 2 heterocycles. The molecule has 0 fully saturated rings. The molecule has 0 bridgehead atoms. The predicted molar refractivity (Wildman–Crippen MR) is 87.1 cm³/mol. The molecule has 1 N–H and O–H groups in total. The monoisotopic (exact) mass is 321 g/mol. The largest absolute Gasteiger partial charge is 0.302 e. The molecule has 0 radical (unpaired) electrons. The van der Waals surface area contributed by atoms with Crippen molar-refractivity contribution < 1.29 is 4.79 Å². The van der Waals surface area contributed by atoms with Crippen molar-refractivity contribution in [1.29, 1.82) is 0 Å². The van der Waals surface area contributed by atoms with Gasteiger partial charge in [-0.1, -0.05) is 13.3 Å². The summed E-state index contributed by atoms with van der Waals surface area (Å²) in [6, 6.07) is 0. The third-order valence-corrected chi connectivity index (χ3v) is 5.73.